The van der Waals surface area contributed by atoms with Crippen LogP contribution in [0, 0.1) is 17.8 Å². The van der Waals surface area contributed by atoms with Crippen molar-refractivity contribution in [1.82, 2.24) is 10.6 Å². The van der Waals surface area contributed by atoms with Crippen molar-refractivity contribution in [1.29, 1.82) is 0 Å². The van der Waals surface area contributed by atoms with Crippen LogP contribution in [0.2, 0.25) is 0 Å². The molecule has 1 heterocycles. The van der Waals surface area contributed by atoms with Crippen molar-refractivity contribution in [3.05, 3.63) is 0 Å². The van der Waals surface area contributed by atoms with Gasteiger partial charge in [-0.25, -0.2) is 0 Å². The second-order valence-corrected chi connectivity index (χ2v) is 5.48. The van der Waals surface area contributed by atoms with Crippen molar-refractivity contribution in [2.24, 2.45) is 17.8 Å². The molecular formula is C12H21ClN2O. The van der Waals surface area contributed by atoms with E-state index >= 15 is 0 Å². The van der Waals surface area contributed by atoms with Crippen LogP contribution in [0.4, 0.5) is 0 Å². The molecule has 0 spiro atoms. The molecule has 3 nitrogen and oxygen atoms in total. The summed E-state index contributed by atoms with van der Waals surface area (Å²) in [5.74, 6) is 2.92. The van der Waals surface area contributed by atoms with E-state index in [4.69, 9.17) is 0 Å². The third-order valence-corrected chi connectivity index (χ3v) is 4.56. The molecule has 1 amide bonds. The Balaban J connectivity index is 0.000000963. The Labute approximate surface area is 103 Å². The summed E-state index contributed by atoms with van der Waals surface area (Å²) in [6.45, 7) is 1.93. The first-order valence-electron chi connectivity index (χ1n) is 6.34. The zero-order chi connectivity index (χ0) is 10.3. The average molecular weight is 245 g/mol. The Morgan fingerprint density at radius 2 is 2.06 bits per heavy atom. The molecule has 92 valence electrons. The number of carbonyl (C=O) groups excluding carboxylic acids is 1. The summed E-state index contributed by atoms with van der Waals surface area (Å²) in [7, 11) is 0. The standard InChI is InChI=1S/C12H20N2O.ClH/c15-12(11-3-4-13-11)14-7-10-6-8-1-2-9(10)5-8;/h8-11,13H,1-7H2,(H,14,15);1H/t8?,9?,10?,11-;/m1./s1. The van der Waals surface area contributed by atoms with E-state index in [9.17, 15) is 4.79 Å². The summed E-state index contributed by atoms with van der Waals surface area (Å²) in [5, 5.41) is 6.25. The number of hydrogen-bond acceptors (Lipinski definition) is 2. The smallest absolute Gasteiger partial charge is 0.237 e. The minimum absolute atomic E-state index is 0. The molecule has 0 aromatic rings. The number of carbonyl (C=O) groups is 1. The van der Waals surface area contributed by atoms with Crippen LogP contribution in [-0.2, 0) is 4.79 Å². The summed E-state index contributed by atoms with van der Waals surface area (Å²) in [5.41, 5.74) is 0. The van der Waals surface area contributed by atoms with Crippen LogP contribution >= 0.6 is 12.4 Å². The van der Waals surface area contributed by atoms with Gasteiger partial charge in [-0.2, -0.15) is 0 Å². The fraction of sp³-hybridized carbons (Fsp3) is 0.917. The Kier molecular flexibility index (Phi) is 3.75. The van der Waals surface area contributed by atoms with Gasteiger partial charge in [0.25, 0.3) is 0 Å². The highest BCUT2D eigenvalue weighted by molar-refractivity contribution is 5.85. The van der Waals surface area contributed by atoms with Gasteiger partial charge in [-0.05, 0) is 50.0 Å². The molecule has 3 fully saturated rings. The number of nitrogens with one attached hydrogen (secondary N) is 2. The summed E-state index contributed by atoms with van der Waals surface area (Å²) in [6, 6.07) is 0.114. The normalized spacial score (nSPS) is 40.0. The molecule has 16 heavy (non-hydrogen) atoms. The third-order valence-electron chi connectivity index (χ3n) is 4.56. The highest BCUT2D eigenvalue weighted by Gasteiger charge is 2.39. The van der Waals surface area contributed by atoms with Crippen LogP contribution in [0.25, 0.3) is 0 Å². The highest BCUT2D eigenvalue weighted by Crippen LogP contribution is 2.47. The van der Waals surface area contributed by atoms with E-state index < -0.39 is 0 Å². The minimum atomic E-state index is 0. The van der Waals surface area contributed by atoms with Crippen molar-refractivity contribution in [3.63, 3.8) is 0 Å². The van der Waals surface area contributed by atoms with Gasteiger partial charge in [0.1, 0.15) is 0 Å². The predicted octanol–water partition coefficient (Wildman–Crippen LogP) is 1.32. The lowest BCUT2D eigenvalue weighted by Gasteiger charge is -2.28. The first-order chi connectivity index (χ1) is 7.33. The topological polar surface area (TPSA) is 41.1 Å². The molecular weight excluding hydrogens is 224 g/mol. The van der Waals surface area contributed by atoms with Crippen molar-refractivity contribution in [3.8, 4) is 0 Å². The van der Waals surface area contributed by atoms with Crippen LogP contribution in [-0.4, -0.2) is 25.0 Å². The van der Waals surface area contributed by atoms with E-state index in [1.807, 2.05) is 0 Å². The molecule has 4 heteroatoms. The van der Waals surface area contributed by atoms with E-state index in [1.54, 1.807) is 0 Å². The Morgan fingerprint density at radius 3 is 2.56 bits per heavy atom. The van der Waals surface area contributed by atoms with E-state index in [0.717, 1.165) is 37.3 Å². The van der Waals surface area contributed by atoms with Gasteiger partial charge in [-0.3, -0.25) is 4.79 Å². The monoisotopic (exact) mass is 244 g/mol. The van der Waals surface area contributed by atoms with Gasteiger partial charge < -0.3 is 10.6 Å². The van der Waals surface area contributed by atoms with Crippen LogP contribution in [0.1, 0.15) is 32.1 Å². The van der Waals surface area contributed by atoms with E-state index in [1.165, 1.54) is 25.7 Å². The molecule has 0 radical (unpaired) electrons. The molecule has 4 atom stereocenters. The van der Waals surface area contributed by atoms with Crippen molar-refractivity contribution < 1.29 is 4.79 Å². The summed E-state index contributed by atoms with van der Waals surface area (Å²) >= 11 is 0. The SMILES string of the molecule is Cl.O=C(NCC1CC2CCC1C2)[C@H]1CCN1. The van der Waals surface area contributed by atoms with Crippen molar-refractivity contribution in [2.45, 2.75) is 38.1 Å². The Bertz CT molecular complexity index is 268. The van der Waals surface area contributed by atoms with E-state index in [2.05, 4.69) is 10.6 Å². The number of hydrogen-bond donors (Lipinski definition) is 2. The first-order valence-corrected chi connectivity index (χ1v) is 6.34. The largest absolute Gasteiger partial charge is 0.354 e. The molecule has 2 aliphatic carbocycles. The summed E-state index contributed by atoms with van der Waals surface area (Å²) in [6.07, 6.45) is 6.67. The molecule has 3 aliphatic rings. The first kappa shape index (κ1) is 12.2. The van der Waals surface area contributed by atoms with Crippen LogP contribution < -0.4 is 10.6 Å². The van der Waals surface area contributed by atoms with Gasteiger partial charge in [0.15, 0.2) is 0 Å². The number of fused-ring (bicyclic) bond motifs is 2. The average Bonchev–Trinajstić information content (AvgIpc) is 2.72. The molecule has 0 aromatic heterocycles. The van der Waals surface area contributed by atoms with Crippen LogP contribution in [0.15, 0.2) is 0 Å². The fourth-order valence-electron chi connectivity index (χ4n) is 3.49. The van der Waals surface area contributed by atoms with Gasteiger partial charge >= 0.3 is 0 Å². The Morgan fingerprint density at radius 1 is 1.25 bits per heavy atom. The maximum absolute atomic E-state index is 11.6. The number of halogens is 1. The fourth-order valence-corrected chi connectivity index (χ4v) is 3.49. The van der Waals surface area contributed by atoms with Crippen molar-refractivity contribution in [2.75, 3.05) is 13.1 Å². The minimum Gasteiger partial charge on any atom is -0.354 e. The molecule has 1 saturated heterocycles. The molecule has 3 rings (SSSR count). The van der Waals surface area contributed by atoms with Gasteiger partial charge in [-0.1, -0.05) is 6.42 Å². The van der Waals surface area contributed by atoms with Crippen LogP contribution in [0.3, 0.4) is 0 Å². The second kappa shape index (κ2) is 4.92. The van der Waals surface area contributed by atoms with Crippen molar-refractivity contribution >= 4 is 18.3 Å². The highest BCUT2D eigenvalue weighted by atomic mass is 35.5. The molecule has 2 bridgehead atoms. The molecule has 0 aromatic carbocycles. The van der Waals surface area contributed by atoms with Gasteiger partial charge in [0, 0.05) is 6.54 Å². The lowest BCUT2D eigenvalue weighted by Crippen LogP contribution is -2.53. The molecule has 3 unspecified atom stereocenters. The molecule has 2 saturated carbocycles. The van der Waals surface area contributed by atoms with Crippen LogP contribution in [0.5, 0.6) is 0 Å². The second-order valence-electron chi connectivity index (χ2n) is 5.48. The third kappa shape index (κ3) is 2.21. The maximum Gasteiger partial charge on any atom is 0.237 e. The zero-order valence-electron chi connectivity index (χ0n) is 9.58. The number of rotatable bonds is 3. The zero-order valence-corrected chi connectivity index (χ0v) is 10.4. The van der Waals surface area contributed by atoms with E-state index in [0.29, 0.717) is 0 Å². The lowest BCUT2D eigenvalue weighted by atomic mass is 9.89. The molecule has 1 aliphatic heterocycles. The quantitative estimate of drug-likeness (QED) is 0.786. The van der Waals surface area contributed by atoms with Gasteiger partial charge in [0.05, 0.1) is 6.04 Å². The Hall–Kier alpha value is -0.280. The lowest BCUT2D eigenvalue weighted by molar-refractivity contribution is -0.125. The predicted molar refractivity (Wildman–Crippen MR) is 65.6 cm³/mol. The van der Waals surface area contributed by atoms with E-state index in [-0.39, 0.29) is 24.4 Å². The van der Waals surface area contributed by atoms with Gasteiger partial charge in [0.2, 0.25) is 5.91 Å². The van der Waals surface area contributed by atoms with Gasteiger partial charge in [-0.15, -0.1) is 12.4 Å². The summed E-state index contributed by atoms with van der Waals surface area (Å²) < 4.78 is 0. The maximum atomic E-state index is 11.6. The molecule has 2 N–H and O–H groups in total. The summed E-state index contributed by atoms with van der Waals surface area (Å²) in [4.78, 5) is 11.6. The number of amides is 1.